The summed E-state index contributed by atoms with van der Waals surface area (Å²) in [6.45, 7) is 0.231. The molecule has 1 aromatic rings. The fourth-order valence-corrected chi connectivity index (χ4v) is 2.79. The van der Waals surface area contributed by atoms with Gasteiger partial charge in [-0.25, -0.2) is 8.42 Å². The molecule has 1 aromatic heterocycles. The summed E-state index contributed by atoms with van der Waals surface area (Å²) in [5.74, 6) is 0.448. The summed E-state index contributed by atoms with van der Waals surface area (Å²) in [5, 5.41) is 3.66. The number of nitrogens with two attached hydrogens (primary N) is 1. The minimum absolute atomic E-state index is 0.0262. The van der Waals surface area contributed by atoms with E-state index in [2.05, 4.69) is 5.16 Å². The smallest absolute Gasteiger partial charge is 0.162 e. The third kappa shape index (κ3) is 1.03. The van der Waals surface area contributed by atoms with Crippen molar-refractivity contribution in [3.8, 4) is 0 Å². The monoisotopic (exact) mass is 188 g/mol. The molecule has 0 fully saturated rings. The second-order valence-electron chi connectivity index (χ2n) is 2.77. The van der Waals surface area contributed by atoms with Crippen LogP contribution in [-0.4, -0.2) is 13.6 Å². The highest BCUT2D eigenvalue weighted by Gasteiger charge is 2.31. The van der Waals surface area contributed by atoms with Gasteiger partial charge in [0.05, 0.1) is 5.75 Å². The summed E-state index contributed by atoms with van der Waals surface area (Å²) in [4.78, 5) is 0. The fourth-order valence-electron chi connectivity index (χ4n) is 1.29. The number of aromatic nitrogens is 1. The summed E-state index contributed by atoms with van der Waals surface area (Å²) in [5.41, 5.74) is 6.56. The predicted molar refractivity (Wildman–Crippen MR) is 40.7 cm³/mol. The minimum Gasteiger partial charge on any atom is -0.360 e. The van der Waals surface area contributed by atoms with E-state index >= 15 is 0 Å². The molecular weight excluding hydrogens is 180 g/mol. The summed E-state index contributed by atoms with van der Waals surface area (Å²) in [7, 11) is -2.98. The maximum atomic E-state index is 11.1. The maximum Gasteiger partial charge on any atom is 0.162 e. The van der Waals surface area contributed by atoms with Crippen molar-refractivity contribution in [1.29, 1.82) is 0 Å². The van der Waals surface area contributed by atoms with Gasteiger partial charge in [-0.05, 0) is 0 Å². The van der Waals surface area contributed by atoms with Gasteiger partial charge in [0.2, 0.25) is 0 Å². The second kappa shape index (κ2) is 2.30. The lowest BCUT2D eigenvalue weighted by molar-refractivity contribution is 0.387. The van der Waals surface area contributed by atoms with Crippen LogP contribution in [0.4, 0.5) is 0 Å². The number of rotatable bonds is 1. The third-order valence-electron chi connectivity index (χ3n) is 1.86. The molecule has 12 heavy (non-hydrogen) atoms. The molecule has 0 atom stereocenters. The van der Waals surface area contributed by atoms with Gasteiger partial charge in [-0.2, -0.15) is 0 Å². The van der Waals surface area contributed by atoms with Crippen molar-refractivity contribution in [1.82, 2.24) is 5.16 Å². The van der Waals surface area contributed by atoms with E-state index < -0.39 is 9.84 Å². The molecule has 6 heteroatoms. The Morgan fingerprint density at radius 2 is 2.25 bits per heavy atom. The third-order valence-corrected chi connectivity index (χ3v) is 3.29. The van der Waals surface area contributed by atoms with Gasteiger partial charge < -0.3 is 10.3 Å². The Balaban J connectivity index is 2.50. The number of sulfone groups is 1. The van der Waals surface area contributed by atoms with Crippen LogP contribution in [0.2, 0.25) is 0 Å². The van der Waals surface area contributed by atoms with Gasteiger partial charge in [-0.15, -0.1) is 0 Å². The quantitative estimate of drug-likeness (QED) is 0.645. The number of fused-ring (bicyclic) bond motifs is 1. The molecule has 0 aliphatic carbocycles. The lowest BCUT2D eigenvalue weighted by Crippen LogP contribution is -2.02. The van der Waals surface area contributed by atoms with E-state index in [0.29, 0.717) is 17.0 Å². The zero-order valence-electron chi connectivity index (χ0n) is 6.28. The van der Waals surface area contributed by atoms with Gasteiger partial charge in [0.1, 0.15) is 11.4 Å². The van der Waals surface area contributed by atoms with E-state index in [-0.39, 0.29) is 18.1 Å². The topological polar surface area (TPSA) is 86.2 Å². The van der Waals surface area contributed by atoms with E-state index in [4.69, 9.17) is 10.3 Å². The lowest BCUT2D eigenvalue weighted by atomic mass is 10.2. The zero-order chi connectivity index (χ0) is 8.77. The van der Waals surface area contributed by atoms with Gasteiger partial charge in [0, 0.05) is 12.1 Å². The molecule has 0 aromatic carbocycles. The standard InChI is InChI=1S/C6H8N2O3S/c7-1-5-4-2-12(9,10)3-6(4)11-8-5/h1-3,7H2. The minimum atomic E-state index is -2.98. The molecule has 2 heterocycles. The SMILES string of the molecule is NCc1noc2c1CS(=O)(=O)C2. The molecule has 5 nitrogen and oxygen atoms in total. The predicted octanol–water partition coefficient (Wildman–Crippen LogP) is -0.438. The summed E-state index contributed by atoms with van der Waals surface area (Å²) < 4.78 is 27.0. The lowest BCUT2D eigenvalue weighted by Gasteiger charge is -1.90. The Kier molecular flexibility index (Phi) is 1.49. The van der Waals surface area contributed by atoms with E-state index in [1.165, 1.54) is 0 Å². The van der Waals surface area contributed by atoms with Gasteiger partial charge in [0.15, 0.2) is 15.6 Å². The van der Waals surface area contributed by atoms with E-state index in [1.54, 1.807) is 0 Å². The van der Waals surface area contributed by atoms with Crippen LogP contribution < -0.4 is 5.73 Å². The molecule has 0 saturated carbocycles. The molecule has 66 valence electrons. The number of hydrogen-bond donors (Lipinski definition) is 1. The van der Waals surface area contributed by atoms with Gasteiger partial charge in [0.25, 0.3) is 0 Å². The van der Waals surface area contributed by atoms with Crippen molar-refractivity contribution in [2.24, 2.45) is 5.73 Å². The van der Waals surface area contributed by atoms with Crippen LogP contribution in [0.1, 0.15) is 17.0 Å². The molecule has 2 rings (SSSR count). The highest BCUT2D eigenvalue weighted by atomic mass is 32.2. The Morgan fingerprint density at radius 1 is 1.50 bits per heavy atom. The molecule has 1 aliphatic rings. The normalized spacial score (nSPS) is 19.4. The Hall–Kier alpha value is -0.880. The molecule has 1 aliphatic heterocycles. The Morgan fingerprint density at radius 3 is 2.92 bits per heavy atom. The highest BCUT2D eigenvalue weighted by Crippen LogP contribution is 2.27. The van der Waals surface area contributed by atoms with Gasteiger partial charge >= 0.3 is 0 Å². The Bertz CT molecular complexity index is 406. The number of nitrogens with zero attached hydrogens (tertiary/aromatic N) is 1. The maximum absolute atomic E-state index is 11.1. The van der Waals surface area contributed by atoms with Crippen molar-refractivity contribution in [3.05, 3.63) is 17.0 Å². The molecule has 0 unspecified atom stereocenters. The van der Waals surface area contributed by atoms with E-state index in [1.807, 2.05) is 0 Å². The highest BCUT2D eigenvalue weighted by molar-refractivity contribution is 7.90. The molecular formula is C6H8N2O3S. The fraction of sp³-hybridized carbons (Fsp3) is 0.500. The van der Waals surface area contributed by atoms with Crippen LogP contribution in [0.5, 0.6) is 0 Å². The van der Waals surface area contributed by atoms with Crippen molar-refractivity contribution in [3.63, 3.8) is 0 Å². The first-order valence-electron chi connectivity index (χ1n) is 3.49. The van der Waals surface area contributed by atoms with Crippen molar-refractivity contribution in [2.45, 2.75) is 18.1 Å². The Labute approximate surface area is 69.5 Å². The van der Waals surface area contributed by atoms with Gasteiger partial charge in [-0.1, -0.05) is 5.16 Å². The van der Waals surface area contributed by atoms with Gasteiger partial charge in [-0.3, -0.25) is 0 Å². The molecule has 0 saturated heterocycles. The van der Waals surface area contributed by atoms with Crippen LogP contribution >= 0.6 is 0 Å². The first-order chi connectivity index (χ1) is 5.62. The number of hydrogen-bond acceptors (Lipinski definition) is 5. The van der Waals surface area contributed by atoms with Crippen molar-refractivity contribution in [2.75, 3.05) is 0 Å². The molecule has 0 radical (unpaired) electrons. The van der Waals surface area contributed by atoms with Crippen LogP contribution in [0.15, 0.2) is 4.52 Å². The first-order valence-corrected chi connectivity index (χ1v) is 5.31. The largest absolute Gasteiger partial charge is 0.360 e. The zero-order valence-corrected chi connectivity index (χ0v) is 7.10. The summed E-state index contributed by atoms with van der Waals surface area (Å²) in [6, 6.07) is 0. The van der Waals surface area contributed by atoms with E-state index in [0.717, 1.165) is 0 Å². The van der Waals surface area contributed by atoms with Crippen LogP contribution in [0.3, 0.4) is 0 Å². The molecule has 0 amide bonds. The molecule has 2 N–H and O–H groups in total. The van der Waals surface area contributed by atoms with Crippen LogP contribution in [0, 0.1) is 0 Å². The summed E-state index contributed by atoms with van der Waals surface area (Å²) >= 11 is 0. The van der Waals surface area contributed by atoms with E-state index in [9.17, 15) is 8.42 Å². The summed E-state index contributed by atoms with van der Waals surface area (Å²) in [6.07, 6.45) is 0. The molecule has 0 bridgehead atoms. The van der Waals surface area contributed by atoms with Crippen molar-refractivity contribution >= 4 is 9.84 Å². The van der Waals surface area contributed by atoms with Crippen molar-refractivity contribution < 1.29 is 12.9 Å². The first kappa shape index (κ1) is 7.75. The van der Waals surface area contributed by atoms with Crippen LogP contribution in [0.25, 0.3) is 0 Å². The molecule has 0 spiro atoms. The average Bonchev–Trinajstić information content (AvgIpc) is 2.42. The second-order valence-corrected chi connectivity index (χ2v) is 4.83. The van der Waals surface area contributed by atoms with Crippen LogP contribution in [-0.2, 0) is 27.9 Å². The average molecular weight is 188 g/mol.